The van der Waals surface area contributed by atoms with Gasteiger partial charge in [-0.1, -0.05) is 23.2 Å². The second-order valence-corrected chi connectivity index (χ2v) is 4.65. The van der Waals surface area contributed by atoms with Gasteiger partial charge in [0.15, 0.2) is 0 Å². The van der Waals surface area contributed by atoms with Crippen LogP contribution in [0.1, 0.15) is 0 Å². The first-order valence-electron chi connectivity index (χ1n) is 4.22. The van der Waals surface area contributed by atoms with Crippen LogP contribution in [0.4, 0.5) is 5.69 Å². The summed E-state index contributed by atoms with van der Waals surface area (Å²) in [5.41, 5.74) is 0.287. The fourth-order valence-corrected chi connectivity index (χ4v) is 2.18. The predicted octanol–water partition coefficient (Wildman–Crippen LogP) is 3.19. The molecule has 82 valence electrons. The maximum absolute atomic E-state index is 11.4. The number of hydrogen-bond donors (Lipinski definition) is 0. The number of anilines is 1. The van der Waals surface area contributed by atoms with E-state index in [1.807, 2.05) is 0 Å². The number of nitrogens with zero attached hydrogens (tertiary/aromatic N) is 1. The normalized spacial score (nSPS) is 15.1. The zero-order valence-corrected chi connectivity index (χ0v) is 10.8. The molecule has 0 saturated carbocycles. The molecule has 0 radical (unpaired) electrons. The topological polar surface area (TPSA) is 37.4 Å². The van der Waals surface area contributed by atoms with Crippen LogP contribution >= 0.6 is 39.1 Å². The first kappa shape index (κ1) is 11.6. The van der Waals surface area contributed by atoms with Gasteiger partial charge >= 0.3 is 0 Å². The van der Waals surface area contributed by atoms with E-state index >= 15 is 0 Å². The highest BCUT2D eigenvalue weighted by Crippen LogP contribution is 2.38. The van der Waals surface area contributed by atoms with Crippen LogP contribution in [0.5, 0.6) is 0 Å². The van der Waals surface area contributed by atoms with Crippen molar-refractivity contribution in [1.29, 1.82) is 0 Å². The highest BCUT2D eigenvalue weighted by Gasteiger charge is 2.27. The largest absolute Gasteiger partial charge is 0.269 e. The number of rotatable bonds is 1. The summed E-state index contributed by atoms with van der Waals surface area (Å²) in [6.07, 6.45) is 2.38. The second-order valence-electron chi connectivity index (χ2n) is 3.04. The van der Waals surface area contributed by atoms with Crippen molar-refractivity contribution in [3.63, 3.8) is 0 Å². The molecule has 0 bridgehead atoms. The Balaban J connectivity index is 2.54. The molecule has 0 unspecified atom stereocenters. The van der Waals surface area contributed by atoms with Crippen molar-refractivity contribution in [2.45, 2.75) is 0 Å². The maximum Gasteiger partial charge on any atom is 0.258 e. The Morgan fingerprint density at radius 2 is 1.56 bits per heavy atom. The van der Waals surface area contributed by atoms with Crippen LogP contribution in [0.25, 0.3) is 0 Å². The van der Waals surface area contributed by atoms with Crippen LogP contribution in [-0.2, 0) is 9.59 Å². The summed E-state index contributed by atoms with van der Waals surface area (Å²) in [4.78, 5) is 23.8. The number of halogens is 3. The standard InChI is InChI=1S/C10H4BrCl2NO2/c11-5-1-2-6(10(13)9(5)12)14-7(15)3-4-8(14)16/h1-4H. The molecule has 0 spiro atoms. The maximum atomic E-state index is 11.4. The Hall–Kier alpha value is -0.840. The van der Waals surface area contributed by atoms with Crippen molar-refractivity contribution >= 4 is 56.6 Å². The van der Waals surface area contributed by atoms with E-state index in [9.17, 15) is 9.59 Å². The van der Waals surface area contributed by atoms with E-state index in [1.54, 1.807) is 12.1 Å². The van der Waals surface area contributed by atoms with Crippen molar-refractivity contribution in [2.75, 3.05) is 4.90 Å². The number of amides is 2. The van der Waals surface area contributed by atoms with Gasteiger partial charge in [0.1, 0.15) is 0 Å². The average molecular weight is 321 g/mol. The minimum absolute atomic E-state index is 0.168. The third-order valence-corrected chi connectivity index (χ3v) is 3.83. The third-order valence-electron chi connectivity index (χ3n) is 2.06. The van der Waals surface area contributed by atoms with Crippen LogP contribution in [0.15, 0.2) is 28.8 Å². The lowest BCUT2D eigenvalue weighted by Gasteiger charge is -2.16. The summed E-state index contributed by atoms with van der Waals surface area (Å²) < 4.78 is 0.606. The molecule has 1 aromatic carbocycles. The molecular weight excluding hydrogens is 317 g/mol. The summed E-state index contributed by atoms with van der Waals surface area (Å²) in [6.45, 7) is 0. The van der Waals surface area contributed by atoms with E-state index in [0.29, 0.717) is 4.47 Å². The molecule has 2 rings (SSSR count). The highest BCUT2D eigenvalue weighted by molar-refractivity contribution is 9.10. The van der Waals surface area contributed by atoms with Gasteiger partial charge in [0.2, 0.25) is 0 Å². The first-order chi connectivity index (χ1) is 7.52. The van der Waals surface area contributed by atoms with Gasteiger partial charge < -0.3 is 0 Å². The molecule has 2 amide bonds. The lowest BCUT2D eigenvalue weighted by atomic mass is 10.3. The molecule has 3 nitrogen and oxygen atoms in total. The molecule has 0 aromatic heterocycles. The average Bonchev–Trinajstić information content (AvgIpc) is 2.57. The Kier molecular flexibility index (Phi) is 3.06. The molecule has 0 saturated heterocycles. The van der Waals surface area contributed by atoms with Crippen molar-refractivity contribution in [3.05, 3.63) is 38.8 Å². The van der Waals surface area contributed by atoms with Gasteiger partial charge in [0.05, 0.1) is 15.7 Å². The Morgan fingerprint density at radius 1 is 1.00 bits per heavy atom. The van der Waals surface area contributed by atoms with E-state index in [4.69, 9.17) is 23.2 Å². The van der Waals surface area contributed by atoms with Crippen LogP contribution in [0.3, 0.4) is 0 Å². The Labute approximate surface area is 110 Å². The Bertz CT molecular complexity index is 510. The molecule has 0 fully saturated rings. The number of carbonyl (C=O) groups is 2. The molecule has 0 N–H and O–H groups in total. The zero-order valence-electron chi connectivity index (χ0n) is 7.71. The van der Waals surface area contributed by atoms with E-state index in [0.717, 1.165) is 4.90 Å². The van der Waals surface area contributed by atoms with Crippen molar-refractivity contribution in [3.8, 4) is 0 Å². The molecule has 1 heterocycles. The minimum Gasteiger partial charge on any atom is -0.269 e. The lowest BCUT2D eigenvalue weighted by Crippen LogP contribution is -2.29. The fourth-order valence-electron chi connectivity index (χ4n) is 1.33. The van der Waals surface area contributed by atoms with Crippen molar-refractivity contribution in [2.24, 2.45) is 0 Å². The SMILES string of the molecule is O=C1C=CC(=O)N1c1ccc(Br)c(Cl)c1Cl. The molecule has 0 atom stereocenters. The summed E-state index contributed by atoms with van der Waals surface area (Å²) >= 11 is 15.1. The molecule has 1 aromatic rings. The number of imide groups is 1. The van der Waals surface area contributed by atoms with Crippen LogP contribution in [-0.4, -0.2) is 11.8 Å². The minimum atomic E-state index is -0.426. The fraction of sp³-hybridized carbons (Fsp3) is 0. The Morgan fingerprint density at radius 3 is 2.12 bits per heavy atom. The van der Waals surface area contributed by atoms with E-state index in [-0.39, 0.29) is 15.7 Å². The van der Waals surface area contributed by atoms with Gasteiger partial charge in [-0.2, -0.15) is 0 Å². The highest BCUT2D eigenvalue weighted by atomic mass is 79.9. The van der Waals surface area contributed by atoms with Crippen molar-refractivity contribution in [1.82, 2.24) is 0 Å². The summed E-state index contributed by atoms with van der Waals surface area (Å²) in [6, 6.07) is 3.18. The summed E-state index contributed by atoms with van der Waals surface area (Å²) in [5.74, 6) is -0.851. The van der Waals surface area contributed by atoms with Gasteiger partial charge in [0, 0.05) is 16.6 Å². The lowest BCUT2D eigenvalue weighted by molar-refractivity contribution is -0.119. The van der Waals surface area contributed by atoms with Crippen molar-refractivity contribution < 1.29 is 9.59 Å². The summed E-state index contributed by atoms with van der Waals surface area (Å²) in [7, 11) is 0. The first-order valence-corrected chi connectivity index (χ1v) is 5.77. The second kappa shape index (κ2) is 4.20. The third kappa shape index (κ3) is 1.77. The smallest absolute Gasteiger partial charge is 0.258 e. The van der Waals surface area contributed by atoms with E-state index < -0.39 is 11.8 Å². The van der Waals surface area contributed by atoms with Crippen LogP contribution < -0.4 is 4.90 Å². The molecule has 0 aliphatic carbocycles. The molecular formula is C10H4BrCl2NO2. The quantitative estimate of drug-likeness (QED) is 0.588. The van der Waals surface area contributed by atoms with E-state index in [2.05, 4.69) is 15.9 Å². The van der Waals surface area contributed by atoms with Gasteiger partial charge in [-0.05, 0) is 28.1 Å². The van der Waals surface area contributed by atoms with Crippen LogP contribution in [0.2, 0.25) is 10.0 Å². The number of benzene rings is 1. The van der Waals surface area contributed by atoms with Crippen LogP contribution in [0, 0.1) is 0 Å². The number of hydrogen-bond acceptors (Lipinski definition) is 2. The predicted molar refractivity (Wildman–Crippen MR) is 65.8 cm³/mol. The summed E-state index contributed by atoms with van der Waals surface area (Å²) in [5, 5.41) is 0.438. The monoisotopic (exact) mass is 319 g/mol. The molecule has 1 aliphatic heterocycles. The number of carbonyl (C=O) groups excluding carboxylic acids is 2. The van der Waals surface area contributed by atoms with Gasteiger partial charge in [0.25, 0.3) is 11.8 Å². The molecule has 16 heavy (non-hydrogen) atoms. The van der Waals surface area contributed by atoms with E-state index in [1.165, 1.54) is 12.2 Å². The molecule has 1 aliphatic rings. The van der Waals surface area contributed by atoms with Gasteiger partial charge in [-0.15, -0.1) is 0 Å². The zero-order chi connectivity index (χ0) is 11.9. The molecule has 6 heteroatoms. The van der Waals surface area contributed by atoms with Gasteiger partial charge in [-0.3, -0.25) is 9.59 Å². The van der Waals surface area contributed by atoms with Gasteiger partial charge in [-0.25, -0.2) is 4.90 Å².